The standard InChI is InChI=1S/C23H23N3O3/c1-26-21-6-7-24-14-20(21)19-4-2-15(10-22(19)26)16-3-5-23(25-13-16)29-18-11-17(12-18)28-9-8-27/h2-7,10,13-14,17-18,27H,8-9,11-12H2,1H3. The zero-order valence-corrected chi connectivity index (χ0v) is 16.3. The van der Waals surface area contributed by atoms with Crippen molar-refractivity contribution in [2.45, 2.75) is 25.0 Å². The lowest BCUT2D eigenvalue weighted by atomic mass is 9.92. The van der Waals surface area contributed by atoms with Crippen LogP contribution in [0.5, 0.6) is 5.88 Å². The quantitative estimate of drug-likeness (QED) is 0.544. The maximum atomic E-state index is 8.80. The largest absolute Gasteiger partial charge is 0.474 e. The van der Waals surface area contributed by atoms with Crippen LogP contribution in [0.15, 0.2) is 55.0 Å². The van der Waals surface area contributed by atoms with Gasteiger partial charge in [0.1, 0.15) is 6.10 Å². The van der Waals surface area contributed by atoms with Crippen LogP contribution in [0.3, 0.4) is 0 Å². The average molecular weight is 389 g/mol. The highest BCUT2D eigenvalue weighted by Gasteiger charge is 2.31. The predicted octanol–water partition coefficient (Wildman–Crippen LogP) is 3.71. The van der Waals surface area contributed by atoms with Gasteiger partial charge in [0.15, 0.2) is 0 Å². The van der Waals surface area contributed by atoms with Gasteiger partial charge in [-0.3, -0.25) is 4.98 Å². The number of aliphatic hydroxyl groups is 1. The third-order valence-electron chi connectivity index (χ3n) is 5.66. The molecule has 0 radical (unpaired) electrons. The number of aliphatic hydroxyl groups excluding tert-OH is 1. The van der Waals surface area contributed by atoms with Crippen molar-refractivity contribution in [2.24, 2.45) is 7.05 Å². The summed E-state index contributed by atoms with van der Waals surface area (Å²) in [7, 11) is 2.08. The number of pyridine rings is 2. The highest BCUT2D eigenvalue weighted by atomic mass is 16.5. The molecule has 6 nitrogen and oxygen atoms in total. The lowest BCUT2D eigenvalue weighted by Crippen LogP contribution is -2.40. The number of ether oxygens (including phenoxy) is 2. The van der Waals surface area contributed by atoms with Gasteiger partial charge in [-0.1, -0.05) is 12.1 Å². The summed E-state index contributed by atoms with van der Waals surface area (Å²) in [4.78, 5) is 8.75. The van der Waals surface area contributed by atoms with E-state index < -0.39 is 0 Å². The summed E-state index contributed by atoms with van der Waals surface area (Å²) in [6.07, 6.45) is 7.62. The number of rotatable bonds is 6. The number of fused-ring (bicyclic) bond motifs is 3. The Hall–Kier alpha value is -2.96. The summed E-state index contributed by atoms with van der Waals surface area (Å²) in [5.41, 5.74) is 4.53. The second kappa shape index (κ2) is 7.46. The number of aryl methyl sites for hydroxylation is 1. The van der Waals surface area contributed by atoms with E-state index in [0.717, 1.165) is 24.0 Å². The minimum Gasteiger partial charge on any atom is -0.474 e. The van der Waals surface area contributed by atoms with Crippen LogP contribution in [0.4, 0.5) is 0 Å². The first-order valence-corrected chi connectivity index (χ1v) is 9.90. The van der Waals surface area contributed by atoms with Crippen LogP contribution in [0.1, 0.15) is 12.8 Å². The van der Waals surface area contributed by atoms with Crippen molar-refractivity contribution in [1.82, 2.24) is 14.5 Å². The molecule has 1 saturated carbocycles. The Morgan fingerprint density at radius 1 is 1.00 bits per heavy atom. The molecule has 1 fully saturated rings. The molecule has 0 unspecified atom stereocenters. The fourth-order valence-electron chi connectivity index (χ4n) is 3.99. The molecule has 6 heteroatoms. The molecule has 5 rings (SSSR count). The Labute approximate surface area is 168 Å². The molecule has 0 atom stereocenters. The van der Waals surface area contributed by atoms with Gasteiger partial charge in [-0.15, -0.1) is 0 Å². The molecule has 4 aromatic rings. The molecule has 0 aliphatic heterocycles. The molecule has 1 N–H and O–H groups in total. The Kier molecular flexibility index (Phi) is 4.66. The molecule has 0 amide bonds. The van der Waals surface area contributed by atoms with Crippen LogP contribution in [-0.2, 0) is 11.8 Å². The molecule has 29 heavy (non-hydrogen) atoms. The summed E-state index contributed by atoms with van der Waals surface area (Å²) in [5, 5.41) is 11.2. The second-order valence-electron chi connectivity index (χ2n) is 7.50. The highest BCUT2D eigenvalue weighted by Crippen LogP contribution is 2.32. The van der Waals surface area contributed by atoms with Crippen LogP contribution < -0.4 is 4.74 Å². The highest BCUT2D eigenvalue weighted by molar-refractivity contribution is 6.08. The van der Waals surface area contributed by atoms with E-state index in [1.807, 2.05) is 36.8 Å². The summed E-state index contributed by atoms with van der Waals surface area (Å²) < 4.78 is 13.6. The minimum absolute atomic E-state index is 0.0620. The topological polar surface area (TPSA) is 69.4 Å². The molecule has 1 aromatic carbocycles. The van der Waals surface area contributed by atoms with E-state index in [0.29, 0.717) is 12.5 Å². The molecule has 3 heterocycles. The fourth-order valence-corrected chi connectivity index (χ4v) is 3.99. The molecule has 0 spiro atoms. The van der Waals surface area contributed by atoms with E-state index in [2.05, 4.69) is 39.8 Å². The SMILES string of the molecule is Cn1c2ccncc2c2ccc(-c3ccc(OC4CC(OCCO)C4)nc3)cc21. The van der Waals surface area contributed by atoms with E-state index in [-0.39, 0.29) is 18.8 Å². The van der Waals surface area contributed by atoms with Crippen LogP contribution in [0, 0.1) is 0 Å². The lowest BCUT2D eigenvalue weighted by molar-refractivity contribution is -0.0699. The molecular weight excluding hydrogens is 366 g/mol. The Morgan fingerprint density at radius 2 is 1.86 bits per heavy atom. The Bertz CT molecular complexity index is 1150. The summed E-state index contributed by atoms with van der Waals surface area (Å²) >= 11 is 0. The third-order valence-corrected chi connectivity index (χ3v) is 5.66. The summed E-state index contributed by atoms with van der Waals surface area (Å²) in [6, 6.07) is 12.5. The van der Waals surface area contributed by atoms with Crippen molar-refractivity contribution in [3.63, 3.8) is 0 Å². The maximum absolute atomic E-state index is 8.80. The van der Waals surface area contributed by atoms with Crippen LogP contribution >= 0.6 is 0 Å². The summed E-state index contributed by atoms with van der Waals surface area (Å²) in [5.74, 6) is 0.635. The van der Waals surface area contributed by atoms with Crippen LogP contribution in [0.2, 0.25) is 0 Å². The van der Waals surface area contributed by atoms with Crippen molar-refractivity contribution < 1.29 is 14.6 Å². The van der Waals surface area contributed by atoms with E-state index in [9.17, 15) is 0 Å². The number of hydrogen-bond donors (Lipinski definition) is 1. The number of aromatic nitrogens is 3. The normalized spacial score (nSPS) is 18.8. The van der Waals surface area contributed by atoms with E-state index >= 15 is 0 Å². The van der Waals surface area contributed by atoms with Gasteiger partial charge in [-0.2, -0.15) is 0 Å². The van der Waals surface area contributed by atoms with Crippen LogP contribution in [-0.4, -0.2) is 45.1 Å². The fraction of sp³-hybridized carbons (Fsp3) is 0.304. The molecule has 1 aliphatic carbocycles. The zero-order chi connectivity index (χ0) is 19.8. The number of nitrogens with zero attached hydrogens (tertiary/aromatic N) is 3. The first-order valence-electron chi connectivity index (χ1n) is 9.90. The molecule has 0 saturated heterocycles. The van der Waals surface area contributed by atoms with Crippen molar-refractivity contribution in [3.05, 3.63) is 55.0 Å². The minimum atomic E-state index is 0.0620. The monoisotopic (exact) mass is 389 g/mol. The second-order valence-corrected chi connectivity index (χ2v) is 7.50. The molecular formula is C23H23N3O3. The first kappa shape index (κ1) is 18.1. The molecule has 148 valence electrons. The van der Waals surface area contributed by atoms with Crippen LogP contribution in [0.25, 0.3) is 32.9 Å². The number of hydrogen-bond acceptors (Lipinski definition) is 5. The van der Waals surface area contributed by atoms with Crippen molar-refractivity contribution in [2.75, 3.05) is 13.2 Å². The van der Waals surface area contributed by atoms with Gasteiger partial charge >= 0.3 is 0 Å². The first-order chi connectivity index (χ1) is 14.2. The smallest absolute Gasteiger partial charge is 0.213 e. The van der Waals surface area contributed by atoms with E-state index in [1.54, 1.807) is 0 Å². The van der Waals surface area contributed by atoms with Crippen molar-refractivity contribution in [3.8, 4) is 17.0 Å². The van der Waals surface area contributed by atoms with Gasteiger partial charge in [0.05, 0.1) is 24.8 Å². The van der Waals surface area contributed by atoms with E-state index in [4.69, 9.17) is 14.6 Å². The molecule has 3 aromatic heterocycles. The van der Waals surface area contributed by atoms with Gasteiger partial charge < -0.3 is 19.1 Å². The zero-order valence-electron chi connectivity index (χ0n) is 16.3. The number of benzene rings is 1. The maximum Gasteiger partial charge on any atom is 0.213 e. The molecule has 1 aliphatic rings. The van der Waals surface area contributed by atoms with Gasteiger partial charge in [-0.25, -0.2) is 4.98 Å². The van der Waals surface area contributed by atoms with E-state index in [1.165, 1.54) is 21.8 Å². The van der Waals surface area contributed by atoms with Gasteiger partial charge in [-0.05, 0) is 23.8 Å². The Morgan fingerprint density at radius 3 is 2.66 bits per heavy atom. The third kappa shape index (κ3) is 3.34. The lowest BCUT2D eigenvalue weighted by Gasteiger charge is -2.34. The van der Waals surface area contributed by atoms with Crippen molar-refractivity contribution in [1.29, 1.82) is 0 Å². The van der Waals surface area contributed by atoms with Gasteiger partial charge in [0.25, 0.3) is 0 Å². The van der Waals surface area contributed by atoms with Gasteiger partial charge in [0, 0.05) is 66.4 Å². The molecule has 0 bridgehead atoms. The predicted molar refractivity (Wildman–Crippen MR) is 112 cm³/mol. The summed E-state index contributed by atoms with van der Waals surface area (Å²) in [6.45, 7) is 0.453. The average Bonchev–Trinajstić information content (AvgIpc) is 3.02. The Balaban J connectivity index is 1.33. The van der Waals surface area contributed by atoms with Crippen molar-refractivity contribution >= 4 is 21.8 Å². The van der Waals surface area contributed by atoms with Gasteiger partial charge in [0.2, 0.25) is 5.88 Å².